The summed E-state index contributed by atoms with van der Waals surface area (Å²) >= 11 is 0. The van der Waals surface area contributed by atoms with Crippen molar-refractivity contribution in [2.45, 2.75) is 25.8 Å². The van der Waals surface area contributed by atoms with Gasteiger partial charge in [0.1, 0.15) is 17.2 Å². The van der Waals surface area contributed by atoms with Crippen LogP contribution in [-0.2, 0) is 0 Å². The van der Waals surface area contributed by atoms with E-state index in [2.05, 4.69) is 22.3 Å². The SMILES string of the molecule is COc1ccc(C(CNC(=O)c2cc(OC)c(C)c(OC)c2)N2CCCC2)cc1. The number of ether oxygens (including phenoxy) is 3. The topological polar surface area (TPSA) is 60.0 Å². The van der Waals surface area contributed by atoms with Gasteiger partial charge in [-0.15, -0.1) is 0 Å². The third-order valence-corrected chi connectivity index (χ3v) is 5.55. The number of carbonyl (C=O) groups is 1. The van der Waals surface area contributed by atoms with Gasteiger partial charge < -0.3 is 19.5 Å². The van der Waals surface area contributed by atoms with Gasteiger partial charge in [0, 0.05) is 17.7 Å². The summed E-state index contributed by atoms with van der Waals surface area (Å²) in [7, 11) is 4.85. The van der Waals surface area contributed by atoms with E-state index in [1.54, 1.807) is 33.5 Å². The maximum absolute atomic E-state index is 12.9. The smallest absolute Gasteiger partial charge is 0.251 e. The van der Waals surface area contributed by atoms with E-state index in [-0.39, 0.29) is 11.9 Å². The number of nitrogens with one attached hydrogen (secondary N) is 1. The van der Waals surface area contributed by atoms with Gasteiger partial charge in [-0.25, -0.2) is 0 Å². The molecular formula is C23H30N2O4. The lowest BCUT2D eigenvalue weighted by Crippen LogP contribution is -2.36. The van der Waals surface area contributed by atoms with Gasteiger partial charge in [0.05, 0.1) is 27.4 Å². The molecule has 1 heterocycles. The van der Waals surface area contributed by atoms with Gasteiger partial charge in [-0.2, -0.15) is 0 Å². The molecule has 1 saturated heterocycles. The van der Waals surface area contributed by atoms with Crippen molar-refractivity contribution in [3.63, 3.8) is 0 Å². The van der Waals surface area contributed by atoms with Crippen LogP contribution >= 0.6 is 0 Å². The number of nitrogens with zero attached hydrogens (tertiary/aromatic N) is 1. The molecule has 2 aromatic carbocycles. The molecule has 3 rings (SSSR count). The lowest BCUT2D eigenvalue weighted by atomic mass is 10.0. The first-order valence-electron chi connectivity index (χ1n) is 9.96. The average molecular weight is 399 g/mol. The standard InChI is InChI=1S/C23H30N2O4/c1-16-21(28-3)13-18(14-22(16)29-4)23(26)24-15-20(25-11-5-6-12-25)17-7-9-19(27-2)10-8-17/h7-10,13-14,20H,5-6,11-12,15H2,1-4H3,(H,24,26). The Morgan fingerprint density at radius 3 is 2.10 bits per heavy atom. The molecule has 1 unspecified atom stereocenters. The molecule has 1 fully saturated rings. The van der Waals surface area contributed by atoms with Crippen molar-refractivity contribution in [2.24, 2.45) is 0 Å². The predicted molar refractivity (Wildman–Crippen MR) is 113 cm³/mol. The highest BCUT2D eigenvalue weighted by Crippen LogP contribution is 2.30. The molecule has 1 N–H and O–H groups in total. The second kappa shape index (κ2) is 9.65. The second-order valence-corrected chi connectivity index (χ2v) is 7.25. The Balaban J connectivity index is 1.77. The molecule has 0 radical (unpaired) electrons. The highest BCUT2D eigenvalue weighted by atomic mass is 16.5. The van der Waals surface area contributed by atoms with Crippen LogP contribution in [0, 0.1) is 6.92 Å². The van der Waals surface area contributed by atoms with Crippen LogP contribution in [0.2, 0.25) is 0 Å². The number of amides is 1. The number of carbonyl (C=O) groups excluding carboxylic acids is 1. The summed E-state index contributed by atoms with van der Waals surface area (Å²) in [6, 6.07) is 11.7. The van der Waals surface area contributed by atoms with Crippen molar-refractivity contribution in [3.8, 4) is 17.2 Å². The number of methoxy groups -OCH3 is 3. The number of likely N-dealkylation sites (tertiary alicyclic amines) is 1. The Morgan fingerprint density at radius 1 is 1.00 bits per heavy atom. The summed E-state index contributed by atoms with van der Waals surface area (Å²) in [5.74, 6) is 1.97. The van der Waals surface area contributed by atoms with Gasteiger partial charge in [-0.3, -0.25) is 9.69 Å². The molecule has 2 aromatic rings. The van der Waals surface area contributed by atoms with E-state index in [0.717, 1.165) is 24.4 Å². The number of hydrogen-bond donors (Lipinski definition) is 1. The van der Waals surface area contributed by atoms with Crippen LogP contribution in [0.4, 0.5) is 0 Å². The van der Waals surface area contributed by atoms with E-state index in [0.29, 0.717) is 23.6 Å². The summed E-state index contributed by atoms with van der Waals surface area (Å²) in [6.45, 7) is 4.52. The van der Waals surface area contributed by atoms with Crippen molar-refractivity contribution in [2.75, 3.05) is 41.0 Å². The van der Waals surface area contributed by atoms with Crippen molar-refractivity contribution in [1.82, 2.24) is 10.2 Å². The molecule has 1 aliphatic rings. The normalized spacial score (nSPS) is 15.0. The van der Waals surface area contributed by atoms with Gasteiger partial charge in [-0.05, 0) is 62.7 Å². The summed E-state index contributed by atoms with van der Waals surface area (Å²) < 4.78 is 16.1. The van der Waals surface area contributed by atoms with E-state index in [1.165, 1.54) is 18.4 Å². The number of benzene rings is 2. The number of rotatable bonds is 8. The Hall–Kier alpha value is -2.73. The van der Waals surface area contributed by atoms with Crippen LogP contribution in [0.15, 0.2) is 36.4 Å². The third-order valence-electron chi connectivity index (χ3n) is 5.55. The fraction of sp³-hybridized carbons (Fsp3) is 0.435. The van der Waals surface area contributed by atoms with Crippen LogP contribution in [-0.4, -0.2) is 51.8 Å². The van der Waals surface area contributed by atoms with Crippen molar-refractivity contribution >= 4 is 5.91 Å². The van der Waals surface area contributed by atoms with Gasteiger partial charge in [0.25, 0.3) is 5.91 Å². The summed E-state index contributed by atoms with van der Waals surface area (Å²) in [5.41, 5.74) is 2.57. The molecule has 6 heteroatoms. The zero-order valence-electron chi connectivity index (χ0n) is 17.7. The minimum absolute atomic E-state index is 0.126. The Kier molecular flexibility index (Phi) is 6.99. The molecule has 0 saturated carbocycles. The van der Waals surface area contributed by atoms with E-state index in [1.807, 2.05) is 19.1 Å². The maximum atomic E-state index is 12.9. The van der Waals surface area contributed by atoms with Crippen molar-refractivity contribution in [3.05, 3.63) is 53.1 Å². The van der Waals surface area contributed by atoms with E-state index in [9.17, 15) is 4.79 Å². The van der Waals surface area contributed by atoms with E-state index < -0.39 is 0 Å². The molecule has 0 bridgehead atoms. The highest BCUT2D eigenvalue weighted by molar-refractivity contribution is 5.95. The van der Waals surface area contributed by atoms with Crippen molar-refractivity contribution in [1.29, 1.82) is 0 Å². The second-order valence-electron chi connectivity index (χ2n) is 7.25. The van der Waals surface area contributed by atoms with Crippen LogP contribution in [0.3, 0.4) is 0 Å². The maximum Gasteiger partial charge on any atom is 0.251 e. The van der Waals surface area contributed by atoms with Gasteiger partial charge in [0.15, 0.2) is 0 Å². The predicted octanol–water partition coefficient (Wildman–Crippen LogP) is 3.59. The first-order valence-corrected chi connectivity index (χ1v) is 9.96. The molecule has 1 amide bonds. The first-order chi connectivity index (χ1) is 14.1. The Labute approximate surface area is 172 Å². The monoisotopic (exact) mass is 398 g/mol. The molecule has 1 atom stereocenters. The molecule has 1 aliphatic heterocycles. The zero-order valence-corrected chi connectivity index (χ0v) is 17.7. The first kappa shape index (κ1) is 21.0. The van der Waals surface area contributed by atoms with Gasteiger partial charge in [-0.1, -0.05) is 12.1 Å². The quantitative estimate of drug-likeness (QED) is 0.736. The molecule has 0 aromatic heterocycles. The highest BCUT2D eigenvalue weighted by Gasteiger charge is 2.24. The Bertz CT molecular complexity index is 804. The zero-order chi connectivity index (χ0) is 20.8. The van der Waals surface area contributed by atoms with Crippen LogP contribution in [0.1, 0.15) is 40.4 Å². The minimum Gasteiger partial charge on any atom is -0.497 e. The molecule has 0 aliphatic carbocycles. The van der Waals surface area contributed by atoms with Crippen LogP contribution in [0.5, 0.6) is 17.2 Å². The Morgan fingerprint density at radius 2 is 1.59 bits per heavy atom. The fourth-order valence-corrected chi connectivity index (χ4v) is 3.85. The minimum atomic E-state index is -0.140. The van der Waals surface area contributed by atoms with E-state index >= 15 is 0 Å². The lowest BCUT2D eigenvalue weighted by Gasteiger charge is -2.28. The van der Waals surface area contributed by atoms with E-state index in [4.69, 9.17) is 14.2 Å². The lowest BCUT2D eigenvalue weighted by molar-refractivity contribution is 0.0937. The summed E-state index contributed by atoms with van der Waals surface area (Å²) in [5, 5.41) is 3.10. The molecular weight excluding hydrogens is 368 g/mol. The molecule has 0 spiro atoms. The van der Waals surface area contributed by atoms with Gasteiger partial charge in [0.2, 0.25) is 0 Å². The molecule has 29 heavy (non-hydrogen) atoms. The number of hydrogen-bond acceptors (Lipinski definition) is 5. The van der Waals surface area contributed by atoms with Gasteiger partial charge >= 0.3 is 0 Å². The fourth-order valence-electron chi connectivity index (χ4n) is 3.85. The van der Waals surface area contributed by atoms with Crippen LogP contribution < -0.4 is 19.5 Å². The van der Waals surface area contributed by atoms with Crippen LogP contribution in [0.25, 0.3) is 0 Å². The molecule has 6 nitrogen and oxygen atoms in total. The summed E-state index contributed by atoms with van der Waals surface area (Å²) in [6.07, 6.45) is 2.37. The third kappa shape index (κ3) is 4.82. The average Bonchev–Trinajstić information content (AvgIpc) is 3.29. The molecule has 156 valence electrons. The largest absolute Gasteiger partial charge is 0.497 e. The summed E-state index contributed by atoms with van der Waals surface area (Å²) in [4.78, 5) is 15.3. The van der Waals surface area contributed by atoms with Crippen molar-refractivity contribution < 1.29 is 19.0 Å².